The summed E-state index contributed by atoms with van der Waals surface area (Å²) in [6.07, 6.45) is 0. The maximum absolute atomic E-state index is 10.6. The molecule has 2 N–H and O–H groups in total. The van der Waals surface area contributed by atoms with Gasteiger partial charge in [-0.15, -0.1) is 0 Å². The van der Waals surface area contributed by atoms with E-state index in [0.717, 1.165) is 11.3 Å². The maximum atomic E-state index is 10.6. The molecule has 0 aliphatic heterocycles. The third kappa shape index (κ3) is 2.70. The molecule has 0 radical (unpaired) electrons. The lowest BCUT2D eigenvalue weighted by atomic mass is 10.2. The highest BCUT2D eigenvalue weighted by Gasteiger charge is 2.14. The number of halogens is 1. The van der Waals surface area contributed by atoms with E-state index in [1.807, 2.05) is 6.92 Å². The van der Waals surface area contributed by atoms with Gasteiger partial charge in [0.1, 0.15) is 11.2 Å². The van der Waals surface area contributed by atoms with Gasteiger partial charge < -0.3 is 10.4 Å². The monoisotopic (exact) mass is 231 g/mol. The highest BCUT2D eigenvalue weighted by atomic mass is 35.5. The average molecular weight is 232 g/mol. The molecule has 1 rings (SSSR count). The summed E-state index contributed by atoms with van der Waals surface area (Å²) in [5, 5.41) is 16.2. The third-order valence-corrected chi connectivity index (χ3v) is 2.70. The summed E-state index contributed by atoms with van der Waals surface area (Å²) in [4.78, 5) is 10.6. The Balaban J connectivity index is 2.69. The zero-order chi connectivity index (χ0) is 11.6. The van der Waals surface area contributed by atoms with Gasteiger partial charge in [-0.1, -0.05) is 11.6 Å². The first-order valence-corrected chi connectivity index (χ1v) is 4.95. The Kier molecular flexibility index (Phi) is 3.71. The second kappa shape index (κ2) is 4.63. The molecule has 1 atom stereocenters. The van der Waals surface area contributed by atoms with Crippen LogP contribution in [0.25, 0.3) is 0 Å². The fourth-order valence-electron chi connectivity index (χ4n) is 1.22. The average Bonchev–Trinajstić information content (AvgIpc) is 2.38. The van der Waals surface area contributed by atoms with Crippen molar-refractivity contribution in [2.24, 2.45) is 7.05 Å². The van der Waals surface area contributed by atoms with E-state index in [0.29, 0.717) is 11.7 Å². The Bertz CT molecular complexity index is 376. The molecule has 0 amide bonds. The molecule has 1 aromatic rings. The molecule has 0 spiro atoms. The largest absolute Gasteiger partial charge is 0.480 e. The molecular formula is C9H14ClN3O2. The van der Waals surface area contributed by atoms with Gasteiger partial charge in [0.2, 0.25) is 0 Å². The minimum atomic E-state index is -0.882. The minimum Gasteiger partial charge on any atom is -0.480 e. The van der Waals surface area contributed by atoms with Gasteiger partial charge in [0.05, 0.1) is 5.69 Å². The van der Waals surface area contributed by atoms with Crippen LogP contribution in [-0.2, 0) is 18.4 Å². The van der Waals surface area contributed by atoms with Crippen molar-refractivity contribution in [1.29, 1.82) is 0 Å². The number of aryl methyl sites for hydroxylation is 2. The second-order valence-electron chi connectivity index (χ2n) is 3.42. The fraction of sp³-hybridized carbons (Fsp3) is 0.556. The van der Waals surface area contributed by atoms with Crippen LogP contribution in [-0.4, -0.2) is 26.9 Å². The third-order valence-electron chi connectivity index (χ3n) is 2.23. The molecule has 6 heteroatoms. The van der Waals surface area contributed by atoms with Crippen LogP contribution in [0.4, 0.5) is 0 Å². The van der Waals surface area contributed by atoms with E-state index < -0.39 is 12.0 Å². The summed E-state index contributed by atoms with van der Waals surface area (Å²) >= 11 is 5.99. The van der Waals surface area contributed by atoms with Crippen LogP contribution in [0.1, 0.15) is 18.2 Å². The number of hydrogen-bond acceptors (Lipinski definition) is 3. The van der Waals surface area contributed by atoms with Crippen molar-refractivity contribution in [2.45, 2.75) is 26.4 Å². The summed E-state index contributed by atoms with van der Waals surface area (Å²) in [6, 6.07) is -0.597. The van der Waals surface area contributed by atoms with Gasteiger partial charge in [-0.25, -0.2) is 0 Å². The molecule has 5 nitrogen and oxygen atoms in total. The number of nitrogens with one attached hydrogen (secondary N) is 1. The van der Waals surface area contributed by atoms with Gasteiger partial charge in [0.25, 0.3) is 0 Å². The first-order valence-electron chi connectivity index (χ1n) is 4.57. The van der Waals surface area contributed by atoms with Crippen LogP contribution < -0.4 is 5.32 Å². The molecule has 0 fully saturated rings. The first-order chi connectivity index (χ1) is 6.93. The van der Waals surface area contributed by atoms with Gasteiger partial charge in [-0.3, -0.25) is 9.48 Å². The molecule has 0 bridgehead atoms. The topological polar surface area (TPSA) is 67.2 Å². The van der Waals surface area contributed by atoms with Crippen molar-refractivity contribution < 1.29 is 9.90 Å². The summed E-state index contributed by atoms with van der Waals surface area (Å²) in [7, 11) is 1.75. The highest BCUT2D eigenvalue weighted by molar-refractivity contribution is 6.30. The van der Waals surface area contributed by atoms with E-state index in [9.17, 15) is 4.79 Å². The number of hydrogen-bond donors (Lipinski definition) is 2. The SMILES string of the molecule is Cc1nn(C)c(Cl)c1CN[C@H](C)C(=O)O. The summed E-state index contributed by atoms with van der Waals surface area (Å²) in [5.74, 6) is -0.882. The van der Waals surface area contributed by atoms with Gasteiger partial charge >= 0.3 is 5.97 Å². The van der Waals surface area contributed by atoms with Crippen LogP contribution in [0.5, 0.6) is 0 Å². The van der Waals surface area contributed by atoms with Crippen molar-refractivity contribution in [3.63, 3.8) is 0 Å². The Morgan fingerprint density at radius 3 is 2.73 bits per heavy atom. The van der Waals surface area contributed by atoms with E-state index in [4.69, 9.17) is 16.7 Å². The Morgan fingerprint density at radius 2 is 2.33 bits per heavy atom. The molecule has 0 aliphatic carbocycles. The van der Waals surface area contributed by atoms with E-state index in [-0.39, 0.29) is 0 Å². The molecule has 84 valence electrons. The van der Waals surface area contributed by atoms with E-state index in [2.05, 4.69) is 10.4 Å². The van der Waals surface area contributed by atoms with Crippen LogP contribution in [0, 0.1) is 6.92 Å². The predicted molar refractivity (Wildman–Crippen MR) is 56.9 cm³/mol. The van der Waals surface area contributed by atoms with Crippen molar-refractivity contribution in [3.8, 4) is 0 Å². The smallest absolute Gasteiger partial charge is 0.320 e. The highest BCUT2D eigenvalue weighted by Crippen LogP contribution is 2.18. The molecule has 1 aromatic heterocycles. The molecule has 15 heavy (non-hydrogen) atoms. The second-order valence-corrected chi connectivity index (χ2v) is 3.78. The molecule has 0 aromatic carbocycles. The molecule has 0 saturated heterocycles. The van der Waals surface area contributed by atoms with Gasteiger partial charge in [0.15, 0.2) is 0 Å². The number of nitrogens with zero attached hydrogens (tertiary/aromatic N) is 2. The Hall–Kier alpha value is -1.07. The number of aromatic nitrogens is 2. The number of carboxylic acids is 1. The standard InChI is InChI=1S/C9H14ClN3O2/c1-5-7(8(10)13(3)12-5)4-11-6(2)9(14)15/h6,11H,4H2,1-3H3,(H,14,15)/t6-/m1/s1. The van der Waals surface area contributed by atoms with Crippen LogP contribution in [0.2, 0.25) is 5.15 Å². The summed E-state index contributed by atoms with van der Waals surface area (Å²) < 4.78 is 1.57. The van der Waals surface area contributed by atoms with Gasteiger partial charge in [0, 0.05) is 19.2 Å². The fourth-order valence-corrected chi connectivity index (χ4v) is 1.46. The molecular weight excluding hydrogens is 218 g/mol. The van der Waals surface area contributed by atoms with Gasteiger partial charge in [-0.05, 0) is 13.8 Å². The van der Waals surface area contributed by atoms with Crippen molar-refractivity contribution in [2.75, 3.05) is 0 Å². The number of carboxylic acid groups (broad SMARTS) is 1. The van der Waals surface area contributed by atoms with Crippen molar-refractivity contribution >= 4 is 17.6 Å². The van der Waals surface area contributed by atoms with Crippen LogP contribution in [0.3, 0.4) is 0 Å². The van der Waals surface area contributed by atoms with Gasteiger partial charge in [-0.2, -0.15) is 5.10 Å². The van der Waals surface area contributed by atoms with E-state index >= 15 is 0 Å². The molecule has 0 saturated carbocycles. The van der Waals surface area contributed by atoms with E-state index in [1.165, 1.54) is 0 Å². The normalized spacial score (nSPS) is 12.8. The zero-order valence-electron chi connectivity index (χ0n) is 8.91. The number of rotatable bonds is 4. The maximum Gasteiger partial charge on any atom is 0.320 e. The van der Waals surface area contributed by atoms with E-state index in [1.54, 1.807) is 18.7 Å². The van der Waals surface area contributed by atoms with Crippen LogP contribution in [0.15, 0.2) is 0 Å². The quantitative estimate of drug-likeness (QED) is 0.810. The Labute approximate surface area is 93.0 Å². The van der Waals surface area contributed by atoms with Crippen molar-refractivity contribution in [1.82, 2.24) is 15.1 Å². The summed E-state index contributed by atoms with van der Waals surface area (Å²) in [5.41, 5.74) is 1.65. The number of aliphatic carboxylic acids is 1. The predicted octanol–water partition coefficient (Wildman–Crippen LogP) is 0.945. The zero-order valence-corrected chi connectivity index (χ0v) is 9.67. The molecule has 1 heterocycles. The minimum absolute atomic E-state index is 0.409. The lowest BCUT2D eigenvalue weighted by molar-refractivity contribution is -0.139. The lowest BCUT2D eigenvalue weighted by Crippen LogP contribution is -2.33. The molecule has 0 unspecified atom stereocenters. The summed E-state index contributed by atoms with van der Waals surface area (Å²) in [6.45, 7) is 3.84. The van der Waals surface area contributed by atoms with Crippen molar-refractivity contribution in [3.05, 3.63) is 16.4 Å². The van der Waals surface area contributed by atoms with Crippen LogP contribution >= 0.6 is 11.6 Å². The molecule has 0 aliphatic rings. The number of carbonyl (C=O) groups is 1. The Morgan fingerprint density at radius 1 is 1.73 bits per heavy atom. The lowest BCUT2D eigenvalue weighted by Gasteiger charge is -2.08. The first kappa shape index (κ1) is 12.0.